The number of nitrogens with zero attached hydrogens (tertiary/aromatic N) is 1. The summed E-state index contributed by atoms with van der Waals surface area (Å²) in [4.78, 5) is 25.5. The zero-order chi connectivity index (χ0) is 28.7. The van der Waals surface area contributed by atoms with Crippen molar-refractivity contribution < 1.29 is 33.0 Å². The van der Waals surface area contributed by atoms with E-state index in [0.29, 0.717) is 16.9 Å². The monoisotopic (exact) mass is 566 g/mol. The predicted octanol–water partition coefficient (Wildman–Crippen LogP) is 4.79. The summed E-state index contributed by atoms with van der Waals surface area (Å²) in [5, 5.41) is 19.9. The predicted molar refractivity (Wildman–Crippen MR) is 152 cm³/mol. The highest BCUT2D eigenvalue weighted by Gasteiger charge is 2.24. The highest BCUT2D eigenvalue weighted by atomic mass is 32.2. The number of hydrogen-bond donors (Lipinski definition) is 3. The van der Waals surface area contributed by atoms with Gasteiger partial charge in [0.1, 0.15) is 12.4 Å². The van der Waals surface area contributed by atoms with Gasteiger partial charge in [-0.15, -0.1) is 0 Å². The summed E-state index contributed by atoms with van der Waals surface area (Å²) in [7, 11) is -3.68. The number of carbonyl (C=O) groups excluding carboxylic acids is 1. The van der Waals surface area contributed by atoms with Gasteiger partial charge in [0.2, 0.25) is 10.0 Å². The van der Waals surface area contributed by atoms with Crippen LogP contribution in [0.15, 0.2) is 72.8 Å². The minimum atomic E-state index is -3.68. The third kappa shape index (κ3) is 7.83. The van der Waals surface area contributed by atoms with Gasteiger partial charge in [0.15, 0.2) is 0 Å². The molecule has 10 heteroatoms. The number of carboxylic acid groups (broad SMARTS) is 1. The molecule has 0 spiro atoms. The Morgan fingerprint density at radius 1 is 1.00 bits per heavy atom. The summed E-state index contributed by atoms with van der Waals surface area (Å²) < 4.78 is 31.1. The average molecular weight is 567 g/mol. The number of sulfonamides is 1. The van der Waals surface area contributed by atoms with Crippen molar-refractivity contribution >= 4 is 22.0 Å². The number of ether oxygens (including phenoxy) is 1. The first kappa shape index (κ1) is 29.1. The highest BCUT2D eigenvalue weighted by molar-refractivity contribution is 7.89. The van der Waals surface area contributed by atoms with Gasteiger partial charge in [-0.05, 0) is 59.2 Å². The Morgan fingerprint density at radius 2 is 1.65 bits per heavy atom. The maximum Gasteiger partial charge on any atom is 0.407 e. The lowest BCUT2D eigenvalue weighted by Crippen LogP contribution is -2.36. The Kier molecular flexibility index (Phi) is 9.44. The summed E-state index contributed by atoms with van der Waals surface area (Å²) in [5.41, 5.74) is 3.67. The molecule has 0 bridgehead atoms. The van der Waals surface area contributed by atoms with Crippen molar-refractivity contribution in [3.63, 3.8) is 0 Å². The van der Waals surface area contributed by atoms with Gasteiger partial charge in [-0.2, -0.15) is 0 Å². The van der Waals surface area contributed by atoms with Crippen molar-refractivity contribution in [3.05, 3.63) is 89.5 Å². The molecule has 3 aromatic carbocycles. The number of benzene rings is 3. The van der Waals surface area contributed by atoms with E-state index in [2.05, 4.69) is 4.72 Å². The van der Waals surface area contributed by atoms with E-state index < -0.39 is 28.1 Å². The molecule has 1 aliphatic carbocycles. The maximum absolute atomic E-state index is 12.7. The number of nitrogens with one attached hydrogen (secondary N) is 1. The molecule has 40 heavy (non-hydrogen) atoms. The van der Waals surface area contributed by atoms with E-state index in [1.807, 2.05) is 24.3 Å². The molecule has 0 aromatic heterocycles. The lowest BCUT2D eigenvalue weighted by molar-refractivity contribution is 0.0894. The Balaban J connectivity index is 1.41. The minimum absolute atomic E-state index is 0.0663. The van der Waals surface area contributed by atoms with Gasteiger partial charge in [0, 0.05) is 5.56 Å². The van der Waals surface area contributed by atoms with Crippen molar-refractivity contribution in [2.24, 2.45) is 0 Å². The molecular formula is C30H34N2O7S. The van der Waals surface area contributed by atoms with Crippen LogP contribution in [0, 0.1) is 0 Å². The van der Waals surface area contributed by atoms with Gasteiger partial charge in [0.05, 0.1) is 25.4 Å². The number of aliphatic hydroxyl groups excluding tert-OH is 1. The first-order valence-electron chi connectivity index (χ1n) is 13.2. The highest BCUT2D eigenvalue weighted by Crippen LogP contribution is 2.38. The fourth-order valence-electron chi connectivity index (χ4n) is 5.02. The Bertz CT molecular complexity index is 1420. The molecule has 0 unspecified atom stereocenters. The third-order valence-electron chi connectivity index (χ3n) is 7.04. The zero-order valence-corrected chi connectivity index (χ0v) is 23.1. The molecule has 0 radical (unpaired) electrons. The largest absolute Gasteiger partial charge is 0.492 e. The fourth-order valence-corrected chi connectivity index (χ4v) is 5.47. The quantitative estimate of drug-likeness (QED) is 0.304. The molecule has 1 atom stereocenters. The molecule has 212 valence electrons. The molecule has 0 saturated heterocycles. The van der Waals surface area contributed by atoms with Crippen LogP contribution in [-0.2, 0) is 10.0 Å². The van der Waals surface area contributed by atoms with Crippen molar-refractivity contribution in [1.82, 2.24) is 9.62 Å². The second-order valence-corrected chi connectivity index (χ2v) is 11.8. The number of rotatable bonds is 11. The van der Waals surface area contributed by atoms with E-state index in [1.54, 1.807) is 48.5 Å². The molecule has 0 aliphatic heterocycles. The van der Waals surface area contributed by atoms with Crippen LogP contribution < -0.4 is 9.46 Å². The number of hydrogen-bond acceptors (Lipinski definition) is 6. The Labute approximate surface area is 234 Å². The molecule has 0 heterocycles. The molecular weight excluding hydrogens is 532 g/mol. The summed E-state index contributed by atoms with van der Waals surface area (Å²) in [6.07, 6.45) is 2.92. The first-order valence-corrected chi connectivity index (χ1v) is 15.1. The van der Waals surface area contributed by atoms with E-state index in [1.165, 1.54) is 0 Å². The number of amides is 2. The van der Waals surface area contributed by atoms with Crippen LogP contribution >= 0.6 is 0 Å². The average Bonchev–Trinajstić information content (AvgIpc) is 3.47. The van der Waals surface area contributed by atoms with Gasteiger partial charge >= 0.3 is 6.09 Å². The lowest BCUT2D eigenvalue weighted by Gasteiger charge is -2.22. The van der Waals surface area contributed by atoms with Crippen LogP contribution in [0.2, 0.25) is 0 Å². The molecule has 3 N–H and O–H groups in total. The fraction of sp³-hybridized carbons (Fsp3) is 0.333. The van der Waals surface area contributed by atoms with Crippen LogP contribution in [0.4, 0.5) is 4.79 Å². The van der Waals surface area contributed by atoms with E-state index in [9.17, 15) is 28.2 Å². The molecule has 1 aliphatic rings. The molecule has 4 rings (SSSR count). The maximum atomic E-state index is 12.7. The SMILES string of the molecule is CS(=O)(=O)NC(=O)c1ccc(-c2ccc(OCCN(C[C@H](O)c3ccccc3)C(=O)O)cc2)cc1C1CCCC1. The standard InChI is InChI=1S/C30H34N2O7S/c1-40(37,38)31-29(34)26-16-13-24(19-27(26)22-7-5-6-8-22)21-11-14-25(15-12-21)39-18-17-32(30(35)36)20-28(33)23-9-3-2-4-10-23/h2-4,9-16,19,22,28,33H,5-8,17-18,20H2,1H3,(H,31,34)(H,35,36)/t28-/m0/s1. The van der Waals surface area contributed by atoms with Crippen molar-refractivity contribution in [1.29, 1.82) is 0 Å². The number of aliphatic hydroxyl groups is 1. The van der Waals surface area contributed by atoms with Crippen LogP contribution in [0.25, 0.3) is 11.1 Å². The smallest absolute Gasteiger partial charge is 0.407 e. The van der Waals surface area contributed by atoms with Gasteiger partial charge in [0.25, 0.3) is 5.91 Å². The zero-order valence-electron chi connectivity index (χ0n) is 22.3. The van der Waals surface area contributed by atoms with Crippen LogP contribution in [-0.4, -0.2) is 61.5 Å². The minimum Gasteiger partial charge on any atom is -0.492 e. The van der Waals surface area contributed by atoms with E-state index in [0.717, 1.165) is 53.5 Å². The van der Waals surface area contributed by atoms with Gasteiger partial charge < -0.3 is 19.8 Å². The second kappa shape index (κ2) is 13.0. The second-order valence-electron chi connectivity index (χ2n) is 10.0. The molecule has 1 saturated carbocycles. The van der Waals surface area contributed by atoms with Crippen molar-refractivity contribution in [2.75, 3.05) is 26.0 Å². The van der Waals surface area contributed by atoms with Crippen molar-refractivity contribution in [2.45, 2.75) is 37.7 Å². The topological polar surface area (TPSA) is 133 Å². The van der Waals surface area contributed by atoms with E-state index >= 15 is 0 Å². The lowest BCUT2D eigenvalue weighted by atomic mass is 9.89. The molecule has 2 amide bonds. The summed E-state index contributed by atoms with van der Waals surface area (Å²) >= 11 is 0. The van der Waals surface area contributed by atoms with E-state index in [-0.39, 0.29) is 25.6 Å². The number of carbonyl (C=O) groups is 2. The van der Waals surface area contributed by atoms with Crippen molar-refractivity contribution in [3.8, 4) is 16.9 Å². The summed E-state index contributed by atoms with van der Waals surface area (Å²) in [5.74, 6) is 0.143. The Hall–Kier alpha value is -3.89. The Morgan fingerprint density at radius 3 is 2.27 bits per heavy atom. The van der Waals surface area contributed by atoms with Crippen LogP contribution in [0.5, 0.6) is 5.75 Å². The van der Waals surface area contributed by atoms with Crippen LogP contribution in [0.3, 0.4) is 0 Å². The first-order chi connectivity index (χ1) is 19.1. The summed E-state index contributed by atoms with van der Waals surface area (Å²) in [6, 6.07) is 21.7. The molecule has 3 aromatic rings. The molecule has 1 fully saturated rings. The third-order valence-corrected chi connectivity index (χ3v) is 7.59. The summed E-state index contributed by atoms with van der Waals surface area (Å²) in [6.45, 7) is 0.134. The van der Waals surface area contributed by atoms with Gasteiger partial charge in [-0.1, -0.05) is 67.4 Å². The van der Waals surface area contributed by atoms with Crippen LogP contribution in [0.1, 0.15) is 59.2 Å². The molecule has 9 nitrogen and oxygen atoms in total. The van der Waals surface area contributed by atoms with Gasteiger partial charge in [-0.3, -0.25) is 4.79 Å². The normalized spacial score (nSPS) is 14.4. The van der Waals surface area contributed by atoms with E-state index in [4.69, 9.17) is 4.74 Å². The van der Waals surface area contributed by atoms with Gasteiger partial charge in [-0.25, -0.2) is 17.9 Å².